The minimum atomic E-state index is -3.80. The number of thioether (sulfide) groups is 1. The Morgan fingerprint density at radius 2 is 1.86 bits per heavy atom. The van der Waals surface area contributed by atoms with Crippen molar-refractivity contribution in [2.45, 2.75) is 9.79 Å². The molecule has 7 heteroatoms. The monoisotopic (exact) mass is 326 g/mol. The van der Waals surface area contributed by atoms with Gasteiger partial charge in [0.25, 0.3) is 0 Å². The summed E-state index contributed by atoms with van der Waals surface area (Å²) in [5, 5.41) is 0. The van der Waals surface area contributed by atoms with Gasteiger partial charge in [0.1, 0.15) is 10.7 Å². The average molecular weight is 326 g/mol. The Morgan fingerprint density at radius 1 is 1.14 bits per heavy atom. The highest BCUT2D eigenvalue weighted by Gasteiger charge is 2.17. The first kappa shape index (κ1) is 15.8. The molecule has 21 heavy (non-hydrogen) atoms. The minimum absolute atomic E-state index is 0.0274. The minimum Gasteiger partial charge on any atom is -0.398 e. The SMILES string of the molecule is Nc1ccc(F)cc1S(=O)(=O)NCCSc1ccccc1. The van der Waals surface area contributed by atoms with Crippen LogP contribution in [-0.4, -0.2) is 20.7 Å². The summed E-state index contributed by atoms with van der Waals surface area (Å²) >= 11 is 1.53. The summed E-state index contributed by atoms with van der Waals surface area (Å²) in [5.41, 5.74) is 5.61. The zero-order valence-electron chi connectivity index (χ0n) is 11.1. The first-order chi connectivity index (χ1) is 9.99. The van der Waals surface area contributed by atoms with Gasteiger partial charge in [-0.2, -0.15) is 0 Å². The predicted octanol–water partition coefficient (Wildman–Crippen LogP) is 2.48. The quantitative estimate of drug-likeness (QED) is 0.486. The lowest BCUT2D eigenvalue weighted by atomic mass is 10.3. The number of sulfonamides is 1. The number of hydrogen-bond acceptors (Lipinski definition) is 4. The van der Waals surface area contributed by atoms with E-state index in [4.69, 9.17) is 5.73 Å². The summed E-state index contributed by atoms with van der Waals surface area (Å²) in [7, 11) is -3.80. The number of hydrogen-bond donors (Lipinski definition) is 2. The molecular formula is C14H15FN2O2S2. The number of nitrogens with two attached hydrogens (primary N) is 1. The van der Waals surface area contributed by atoms with Crippen molar-refractivity contribution >= 4 is 27.5 Å². The van der Waals surface area contributed by atoms with Crippen molar-refractivity contribution in [3.63, 3.8) is 0 Å². The van der Waals surface area contributed by atoms with Crippen LogP contribution >= 0.6 is 11.8 Å². The molecule has 0 aliphatic carbocycles. The summed E-state index contributed by atoms with van der Waals surface area (Å²) in [4.78, 5) is 0.828. The predicted molar refractivity (Wildman–Crippen MR) is 83.2 cm³/mol. The topological polar surface area (TPSA) is 72.2 Å². The van der Waals surface area contributed by atoms with Crippen molar-refractivity contribution in [3.05, 3.63) is 54.3 Å². The number of nitrogen functional groups attached to an aromatic ring is 1. The molecule has 0 saturated carbocycles. The Hall–Kier alpha value is -1.57. The van der Waals surface area contributed by atoms with Gasteiger partial charge in [0, 0.05) is 17.2 Å². The molecule has 0 unspecified atom stereocenters. The van der Waals surface area contributed by atoms with Gasteiger partial charge >= 0.3 is 0 Å². The van der Waals surface area contributed by atoms with Gasteiger partial charge in [-0.3, -0.25) is 0 Å². The van der Waals surface area contributed by atoms with E-state index in [9.17, 15) is 12.8 Å². The van der Waals surface area contributed by atoms with Gasteiger partial charge in [0.05, 0.1) is 5.69 Å². The second-order valence-electron chi connectivity index (χ2n) is 4.24. The molecule has 0 aliphatic heterocycles. The second-order valence-corrected chi connectivity index (χ2v) is 7.15. The van der Waals surface area contributed by atoms with Crippen molar-refractivity contribution in [1.29, 1.82) is 0 Å². The largest absolute Gasteiger partial charge is 0.398 e. The van der Waals surface area contributed by atoms with Gasteiger partial charge in [-0.25, -0.2) is 17.5 Å². The summed E-state index contributed by atoms with van der Waals surface area (Å²) in [6.07, 6.45) is 0. The molecule has 0 saturated heterocycles. The van der Waals surface area contributed by atoms with E-state index in [0.717, 1.165) is 17.0 Å². The molecule has 2 rings (SSSR count). The van der Waals surface area contributed by atoms with Crippen LogP contribution in [0.5, 0.6) is 0 Å². The van der Waals surface area contributed by atoms with Crippen molar-refractivity contribution in [2.75, 3.05) is 18.0 Å². The zero-order chi connectivity index (χ0) is 15.3. The molecule has 0 atom stereocenters. The molecule has 0 aliphatic rings. The first-order valence-electron chi connectivity index (χ1n) is 6.21. The Morgan fingerprint density at radius 3 is 2.57 bits per heavy atom. The van der Waals surface area contributed by atoms with Crippen LogP contribution < -0.4 is 10.5 Å². The van der Waals surface area contributed by atoms with Crippen LogP contribution in [0.3, 0.4) is 0 Å². The Bertz CT molecular complexity index is 706. The number of halogens is 1. The molecule has 0 aromatic heterocycles. The van der Waals surface area contributed by atoms with E-state index in [1.54, 1.807) is 0 Å². The molecule has 112 valence electrons. The summed E-state index contributed by atoms with van der Waals surface area (Å²) < 4.78 is 39.7. The third kappa shape index (κ3) is 4.45. The van der Waals surface area contributed by atoms with Gasteiger partial charge in [-0.15, -0.1) is 11.8 Å². The highest BCUT2D eigenvalue weighted by molar-refractivity contribution is 7.99. The Balaban J connectivity index is 1.94. The second kappa shape index (κ2) is 6.93. The highest BCUT2D eigenvalue weighted by atomic mass is 32.2. The van der Waals surface area contributed by atoms with Crippen LogP contribution in [0.25, 0.3) is 0 Å². The molecule has 0 spiro atoms. The van der Waals surface area contributed by atoms with Gasteiger partial charge in [0.15, 0.2) is 0 Å². The number of benzene rings is 2. The summed E-state index contributed by atoms with van der Waals surface area (Å²) in [6.45, 7) is 0.234. The van der Waals surface area contributed by atoms with Gasteiger partial charge in [0.2, 0.25) is 10.0 Å². The number of nitrogens with one attached hydrogen (secondary N) is 1. The molecule has 4 nitrogen and oxygen atoms in total. The Labute approximate surface area is 127 Å². The van der Waals surface area contributed by atoms with E-state index in [1.807, 2.05) is 30.3 Å². The molecule has 0 radical (unpaired) electrons. The maximum Gasteiger partial charge on any atom is 0.242 e. The number of anilines is 1. The van der Waals surface area contributed by atoms with E-state index in [-0.39, 0.29) is 17.1 Å². The third-order valence-electron chi connectivity index (χ3n) is 2.67. The molecule has 2 aromatic carbocycles. The maximum absolute atomic E-state index is 13.1. The fourth-order valence-electron chi connectivity index (χ4n) is 1.68. The van der Waals surface area contributed by atoms with Crippen LogP contribution in [0.15, 0.2) is 58.3 Å². The average Bonchev–Trinajstić information content (AvgIpc) is 2.47. The molecular weight excluding hydrogens is 311 g/mol. The van der Waals surface area contributed by atoms with Crippen LogP contribution in [0.4, 0.5) is 10.1 Å². The van der Waals surface area contributed by atoms with Crippen molar-refractivity contribution < 1.29 is 12.8 Å². The van der Waals surface area contributed by atoms with Crippen LogP contribution in [0.2, 0.25) is 0 Å². The van der Waals surface area contributed by atoms with Crippen LogP contribution in [-0.2, 0) is 10.0 Å². The van der Waals surface area contributed by atoms with Gasteiger partial charge in [-0.1, -0.05) is 18.2 Å². The lowest BCUT2D eigenvalue weighted by molar-refractivity contribution is 0.580. The van der Waals surface area contributed by atoms with Crippen LogP contribution in [0.1, 0.15) is 0 Å². The smallest absolute Gasteiger partial charge is 0.242 e. The lowest BCUT2D eigenvalue weighted by Crippen LogP contribution is -2.26. The molecule has 2 aromatic rings. The zero-order valence-corrected chi connectivity index (χ0v) is 12.8. The molecule has 0 fully saturated rings. The Kier molecular flexibility index (Phi) is 5.22. The lowest BCUT2D eigenvalue weighted by Gasteiger charge is -2.09. The number of rotatable bonds is 6. The third-order valence-corrected chi connectivity index (χ3v) is 5.20. The fourth-order valence-corrected chi connectivity index (χ4v) is 3.77. The van der Waals surface area contributed by atoms with Gasteiger partial charge < -0.3 is 5.73 Å². The van der Waals surface area contributed by atoms with E-state index in [0.29, 0.717) is 5.75 Å². The molecule has 3 N–H and O–H groups in total. The summed E-state index contributed by atoms with van der Waals surface area (Å²) in [5.74, 6) is -0.0680. The van der Waals surface area contributed by atoms with E-state index < -0.39 is 15.8 Å². The fraction of sp³-hybridized carbons (Fsp3) is 0.143. The molecule has 0 bridgehead atoms. The standard InChI is InChI=1S/C14H15FN2O2S2/c15-11-6-7-13(16)14(10-11)21(18,19)17-8-9-20-12-4-2-1-3-5-12/h1-7,10,17H,8-9,16H2. The van der Waals surface area contributed by atoms with Gasteiger partial charge in [-0.05, 0) is 30.3 Å². The van der Waals surface area contributed by atoms with E-state index in [1.165, 1.54) is 17.8 Å². The highest BCUT2D eigenvalue weighted by Crippen LogP contribution is 2.20. The maximum atomic E-state index is 13.1. The van der Waals surface area contributed by atoms with Crippen molar-refractivity contribution in [3.8, 4) is 0 Å². The summed E-state index contributed by atoms with van der Waals surface area (Å²) in [6, 6.07) is 12.9. The van der Waals surface area contributed by atoms with Crippen molar-refractivity contribution in [2.24, 2.45) is 0 Å². The van der Waals surface area contributed by atoms with E-state index >= 15 is 0 Å². The van der Waals surface area contributed by atoms with Crippen molar-refractivity contribution in [1.82, 2.24) is 4.72 Å². The van der Waals surface area contributed by atoms with E-state index in [2.05, 4.69) is 4.72 Å². The normalized spacial score (nSPS) is 11.5. The molecule has 0 heterocycles. The first-order valence-corrected chi connectivity index (χ1v) is 8.68. The van der Waals surface area contributed by atoms with Crippen LogP contribution in [0, 0.1) is 5.82 Å². The molecule has 0 amide bonds.